The topological polar surface area (TPSA) is 105 Å². The number of alkyl carbamates (subject to hydrolysis) is 1. The number of carboxylic acids is 1. The molecule has 1 unspecified atom stereocenters. The van der Waals surface area contributed by atoms with Gasteiger partial charge in [-0.15, -0.1) is 0 Å². The van der Waals surface area contributed by atoms with Crippen molar-refractivity contribution >= 4 is 18.0 Å². The third-order valence-corrected chi connectivity index (χ3v) is 6.74. The Morgan fingerprint density at radius 2 is 1.63 bits per heavy atom. The SMILES string of the molecule is O=C(N[C@@H]1CCC[C@@H](C(=O)NC(CC(F)F)C(=O)O)C1)OCC1c2ccccc2-c2ccccc21. The zero-order valence-corrected chi connectivity index (χ0v) is 19.1. The number of amides is 2. The van der Waals surface area contributed by atoms with Gasteiger partial charge >= 0.3 is 12.1 Å². The average Bonchev–Trinajstić information content (AvgIpc) is 3.16. The molecule has 2 amide bonds. The van der Waals surface area contributed by atoms with Crippen LogP contribution in [0.2, 0.25) is 0 Å². The summed E-state index contributed by atoms with van der Waals surface area (Å²) >= 11 is 0. The summed E-state index contributed by atoms with van der Waals surface area (Å²) in [6, 6.07) is 14.1. The van der Waals surface area contributed by atoms with Crippen LogP contribution in [0.4, 0.5) is 13.6 Å². The minimum atomic E-state index is -2.84. The molecular weight excluding hydrogens is 458 g/mol. The van der Waals surface area contributed by atoms with E-state index in [-0.39, 0.29) is 25.0 Å². The Labute approximate surface area is 201 Å². The van der Waals surface area contributed by atoms with Gasteiger partial charge < -0.3 is 20.5 Å². The number of hydrogen-bond donors (Lipinski definition) is 3. The molecule has 2 aliphatic rings. The minimum absolute atomic E-state index is 0.0687. The number of carboxylic acid groups (broad SMARTS) is 1. The highest BCUT2D eigenvalue weighted by Gasteiger charge is 2.33. The number of aliphatic carboxylic acids is 1. The van der Waals surface area contributed by atoms with Crippen LogP contribution in [0.25, 0.3) is 11.1 Å². The van der Waals surface area contributed by atoms with E-state index in [1.807, 2.05) is 36.4 Å². The molecule has 0 saturated heterocycles. The maximum absolute atomic E-state index is 12.6. The van der Waals surface area contributed by atoms with Gasteiger partial charge in [0.2, 0.25) is 12.3 Å². The lowest BCUT2D eigenvalue weighted by Gasteiger charge is -2.29. The molecule has 4 rings (SSSR count). The van der Waals surface area contributed by atoms with Crippen LogP contribution in [0.1, 0.15) is 49.1 Å². The summed E-state index contributed by atoms with van der Waals surface area (Å²) in [6.07, 6.45) is -2.31. The van der Waals surface area contributed by atoms with Crippen molar-refractivity contribution < 1.29 is 33.0 Å². The van der Waals surface area contributed by atoms with E-state index >= 15 is 0 Å². The summed E-state index contributed by atoms with van der Waals surface area (Å²) in [7, 11) is 0. The molecule has 186 valence electrons. The van der Waals surface area contributed by atoms with Crippen molar-refractivity contribution in [3.63, 3.8) is 0 Å². The summed E-state index contributed by atoms with van der Waals surface area (Å²) < 4.78 is 30.8. The summed E-state index contributed by atoms with van der Waals surface area (Å²) in [6.45, 7) is 0.171. The first-order valence-electron chi connectivity index (χ1n) is 11.8. The summed E-state index contributed by atoms with van der Waals surface area (Å²) in [5.41, 5.74) is 4.47. The smallest absolute Gasteiger partial charge is 0.407 e. The Bertz CT molecular complexity index is 1050. The van der Waals surface area contributed by atoms with E-state index in [2.05, 4.69) is 22.8 Å². The molecule has 0 radical (unpaired) electrons. The normalized spacial score (nSPS) is 20.0. The van der Waals surface area contributed by atoms with Gasteiger partial charge in [0, 0.05) is 24.3 Å². The van der Waals surface area contributed by atoms with Crippen LogP contribution < -0.4 is 10.6 Å². The van der Waals surface area contributed by atoms with E-state index in [4.69, 9.17) is 9.84 Å². The Kier molecular flexibility index (Phi) is 7.63. The van der Waals surface area contributed by atoms with Crippen LogP contribution in [-0.4, -0.2) is 48.2 Å². The third-order valence-electron chi connectivity index (χ3n) is 6.74. The van der Waals surface area contributed by atoms with E-state index in [1.165, 1.54) is 0 Å². The number of halogens is 2. The number of alkyl halides is 2. The highest BCUT2D eigenvalue weighted by atomic mass is 19.3. The number of ether oxygens (including phenoxy) is 1. The molecule has 2 aromatic rings. The number of benzene rings is 2. The van der Waals surface area contributed by atoms with Gasteiger partial charge in [-0.3, -0.25) is 4.79 Å². The standard InChI is InChI=1S/C26H28F2N2O5/c27-23(28)13-22(25(32)33)30-24(31)15-6-5-7-16(12-15)29-26(34)35-14-21-19-10-3-1-8-17(19)18-9-2-4-11-20(18)21/h1-4,8-11,15-16,21-23H,5-7,12-14H2,(H,29,34)(H,30,31)(H,32,33)/t15-,16-,22?/m1/s1. The van der Waals surface area contributed by atoms with Crippen LogP contribution in [0.15, 0.2) is 48.5 Å². The molecule has 7 nitrogen and oxygen atoms in total. The lowest BCUT2D eigenvalue weighted by Crippen LogP contribution is -2.47. The molecule has 3 N–H and O–H groups in total. The molecule has 0 aliphatic heterocycles. The van der Waals surface area contributed by atoms with Crippen LogP contribution in [-0.2, 0) is 14.3 Å². The van der Waals surface area contributed by atoms with E-state index in [1.54, 1.807) is 0 Å². The molecule has 0 bridgehead atoms. The van der Waals surface area contributed by atoms with Crippen molar-refractivity contribution in [2.75, 3.05) is 6.61 Å². The Balaban J connectivity index is 1.31. The molecule has 35 heavy (non-hydrogen) atoms. The molecule has 2 aromatic carbocycles. The van der Waals surface area contributed by atoms with Crippen LogP contribution >= 0.6 is 0 Å². The molecule has 9 heteroatoms. The maximum Gasteiger partial charge on any atom is 0.407 e. The van der Waals surface area contributed by atoms with Crippen LogP contribution in [0, 0.1) is 5.92 Å². The number of fused-ring (bicyclic) bond motifs is 3. The van der Waals surface area contributed by atoms with Gasteiger partial charge in [0.05, 0.1) is 0 Å². The first kappa shape index (κ1) is 24.6. The predicted octanol–water partition coefficient (Wildman–Crippen LogP) is 4.31. The molecule has 2 aliphatic carbocycles. The van der Waals surface area contributed by atoms with Gasteiger partial charge in [-0.25, -0.2) is 18.4 Å². The van der Waals surface area contributed by atoms with E-state index in [0.717, 1.165) is 22.3 Å². The Morgan fingerprint density at radius 1 is 1.00 bits per heavy atom. The van der Waals surface area contributed by atoms with Crippen molar-refractivity contribution in [2.45, 2.75) is 56.5 Å². The molecule has 3 atom stereocenters. The van der Waals surface area contributed by atoms with Gasteiger partial charge in [-0.2, -0.15) is 0 Å². The van der Waals surface area contributed by atoms with Crippen molar-refractivity contribution in [2.24, 2.45) is 5.92 Å². The molecule has 0 aromatic heterocycles. The molecule has 0 spiro atoms. The van der Waals surface area contributed by atoms with Gasteiger partial charge in [0.1, 0.15) is 12.6 Å². The quantitative estimate of drug-likeness (QED) is 0.516. The predicted molar refractivity (Wildman–Crippen MR) is 124 cm³/mol. The zero-order valence-electron chi connectivity index (χ0n) is 19.1. The Morgan fingerprint density at radius 3 is 2.23 bits per heavy atom. The number of carbonyl (C=O) groups excluding carboxylic acids is 2. The monoisotopic (exact) mass is 486 g/mol. The second-order valence-electron chi connectivity index (χ2n) is 9.06. The first-order chi connectivity index (χ1) is 16.8. The number of hydrogen-bond acceptors (Lipinski definition) is 4. The van der Waals surface area contributed by atoms with Crippen LogP contribution in [0.3, 0.4) is 0 Å². The first-order valence-corrected chi connectivity index (χ1v) is 11.8. The largest absolute Gasteiger partial charge is 0.480 e. The second kappa shape index (κ2) is 10.8. The van der Waals surface area contributed by atoms with Crippen molar-refractivity contribution in [3.8, 4) is 11.1 Å². The number of carbonyl (C=O) groups is 3. The highest BCUT2D eigenvalue weighted by molar-refractivity contribution is 5.85. The van der Waals surface area contributed by atoms with Crippen molar-refractivity contribution in [1.29, 1.82) is 0 Å². The molecule has 1 fully saturated rings. The Hall–Kier alpha value is -3.49. The average molecular weight is 487 g/mol. The molecule has 0 heterocycles. The summed E-state index contributed by atoms with van der Waals surface area (Å²) in [5.74, 6) is -2.72. The fourth-order valence-corrected chi connectivity index (χ4v) is 5.05. The lowest BCUT2D eigenvalue weighted by atomic mass is 9.85. The van der Waals surface area contributed by atoms with Crippen molar-refractivity contribution in [3.05, 3.63) is 59.7 Å². The fraction of sp³-hybridized carbons (Fsp3) is 0.423. The molecule has 1 saturated carbocycles. The van der Waals surface area contributed by atoms with E-state index < -0.39 is 42.8 Å². The number of rotatable bonds is 8. The van der Waals surface area contributed by atoms with Crippen LogP contribution in [0.5, 0.6) is 0 Å². The zero-order chi connectivity index (χ0) is 24.9. The maximum atomic E-state index is 12.6. The van der Waals surface area contributed by atoms with Gasteiger partial charge in [0.15, 0.2) is 0 Å². The van der Waals surface area contributed by atoms with Gasteiger partial charge in [0.25, 0.3) is 0 Å². The minimum Gasteiger partial charge on any atom is -0.480 e. The lowest BCUT2D eigenvalue weighted by molar-refractivity contribution is -0.143. The highest BCUT2D eigenvalue weighted by Crippen LogP contribution is 2.44. The number of nitrogens with one attached hydrogen (secondary N) is 2. The molecular formula is C26H28F2N2O5. The third kappa shape index (κ3) is 5.78. The van der Waals surface area contributed by atoms with E-state index in [9.17, 15) is 23.2 Å². The second-order valence-corrected chi connectivity index (χ2v) is 9.06. The summed E-state index contributed by atoms with van der Waals surface area (Å²) in [4.78, 5) is 36.2. The van der Waals surface area contributed by atoms with Gasteiger partial charge in [-0.1, -0.05) is 55.0 Å². The van der Waals surface area contributed by atoms with Gasteiger partial charge in [-0.05, 0) is 41.5 Å². The fourth-order valence-electron chi connectivity index (χ4n) is 5.05. The van der Waals surface area contributed by atoms with Crippen molar-refractivity contribution in [1.82, 2.24) is 10.6 Å². The van der Waals surface area contributed by atoms with E-state index in [0.29, 0.717) is 19.3 Å². The summed E-state index contributed by atoms with van der Waals surface area (Å²) in [5, 5.41) is 14.1.